The second-order valence-electron chi connectivity index (χ2n) is 7.02. The van der Waals surface area contributed by atoms with Gasteiger partial charge in [0, 0.05) is 23.0 Å². The summed E-state index contributed by atoms with van der Waals surface area (Å²) in [5, 5.41) is 2.80. The highest BCUT2D eigenvalue weighted by atomic mass is 32.2. The summed E-state index contributed by atoms with van der Waals surface area (Å²) in [6.45, 7) is 0.345. The molecule has 0 unspecified atom stereocenters. The van der Waals surface area contributed by atoms with Gasteiger partial charge in [-0.3, -0.25) is 9.59 Å². The molecule has 1 fully saturated rings. The Bertz CT molecular complexity index is 1020. The van der Waals surface area contributed by atoms with Crippen molar-refractivity contribution < 1.29 is 18.0 Å². The molecular formula is C20H20N2O4S2. The number of sulfone groups is 1. The molecule has 0 saturated carbocycles. The highest BCUT2D eigenvalue weighted by Gasteiger charge is 2.35. The standard InChI is InChI=1S/C20H20N2O4S2/c23-19-12-27-18-7-6-15(10-17(18)21-19)20(24)22(11-14-4-2-1-3-5-14)16-8-9-28(25,26)13-16/h1-7,10,16H,8-9,11-13H2,(H,21,23)/t16-/m0/s1. The third-order valence-corrected chi connectivity index (χ3v) is 7.79. The second-order valence-corrected chi connectivity index (χ2v) is 10.3. The fourth-order valence-electron chi connectivity index (χ4n) is 3.55. The quantitative estimate of drug-likeness (QED) is 0.828. The van der Waals surface area contributed by atoms with Crippen molar-refractivity contribution in [1.29, 1.82) is 0 Å². The molecule has 0 aromatic heterocycles. The number of fused-ring (bicyclic) bond motifs is 1. The van der Waals surface area contributed by atoms with Gasteiger partial charge in [0.2, 0.25) is 5.91 Å². The minimum atomic E-state index is -3.12. The van der Waals surface area contributed by atoms with Crippen molar-refractivity contribution in [3.05, 3.63) is 59.7 Å². The highest BCUT2D eigenvalue weighted by Crippen LogP contribution is 2.33. The molecule has 8 heteroatoms. The second kappa shape index (κ2) is 7.60. The number of nitrogens with one attached hydrogen (secondary N) is 1. The Hall–Kier alpha value is -2.32. The predicted molar refractivity (Wildman–Crippen MR) is 109 cm³/mol. The molecule has 0 spiro atoms. The van der Waals surface area contributed by atoms with E-state index in [1.165, 1.54) is 11.8 Å². The van der Waals surface area contributed by atoms with E-state index < -0.39 is 9.84 Å². The molecule has 0 bridgehead atoms. The number of nitrogens with zero attached hydrogens (tertiary/aromatic N) is 1. The van der Waals surface area contributed by atoms with Gasteiger partial charge in [0.05, 0.1) is 22.9 Å². The fourth-order valence-corrected chi connectivity index (χ4v) is 6.07. The molecule has 6 nitrogen and oxygen atoms in total. The molecule has 1 atom stereocenters. The number of amides is 2. The number of hydrogen-bond acceptors (Lipinski definition) is 5. The normalized spacial score (nSPS) is 20.3. The lowest BCUT2D eigenvalue weighted by atomic mass is 10.1. The lowest BCUT2D eigenvalue weighted by molar-refractivity contribution is -0.113. The van der Waals surface area contributed by atoms with Crippen LogP contribution in [0, 0.1) is 0 Å². The first-order valence-corrected chi connectivity index (χ1v) is 11.8. The predicted octanol–water partition coefficient (Wildman–Crippen LogP) is 2.56. The number of hydrogen-bond donors (Lipinski definition) is 1. The van der Waals surface area contributed by atoms with Gasteiger partial charge >= 0.3 is 0 Å². The molecule has 0 aliphatic carbocycles. The Morgan fingerprint density at radius 3 is 2.68 bits per heavy atom. The largest absolute Gasteiger partial charge is 0.330 e. The molecule has 2 aliphatic rings. The summed E-state index contributed by atoms with van der Waals surface area (Å²) in [4.78, 5) is 27.6. The van der Waals surface area contributed by atoms with Crippen molar-refractivity contribution in [2.45, 2.75) is 23.9 Å². The van der Waals surface area contributed by atoms with Gasteiger partial charge in [0.15, 0.2) is 9.84 Å². The summed E-state index contributed by atoms with van der Waals surface area (Å²) >= 11 is 1.44. The average molecular weight is 417 g/mol. The summed E-state index contributed by atoms with van der Waals surface area (Å²) in [7, 11) is -3.12. The smallest absolute Gasteiger partial charge is 0.254 e. The monoisotopic (exact) mass is 416 g/mol. The van der Waals surface area contributed by atoms with E-state index in [0.29, 0.717) is 30.0 Å². The third-order valence-electron chi connectivity index (χ3n) is 4.97. The topological polar surface area (TPSA) is 83.6 Å². The van der Waals surface area contributed by atoms with Gasteiger partial charge in [-0.15, -0.1) is 11.8 Å². The Labute approximate surface area is 168 Å². The van der Waals surface area contributed by atoms with Crippen LogP contribution in [0.1, 0.15) is 22.3 Å². The molecule has 146 valence electrons. The zero-order valence-electron chi connectivity index (χ0n) is 15.1. The minimum Gasteiger partial charge on any atom is -0.330 e. The summed E-state index contributed by atoms with van der Waals surface area (Å²) in [5.74, 6) is 0.139. The highest BCUT2D eigenvalue weighted by molar-refractivity contribution is 8.00. The van der Waals surface area contributed by atoms with Gasteiger partial charge in [0.1, 0.15) is 0 Å². The van der Waals surface area contributed by atoms with Gasteiger partial charge in [-0.1, -0.05) is 30.3 Å². The number of carbonyl (C=O) groups is 2. The van der Waals surface area contributed by atoms with Gasteiger partial charge in [-0.05, 0) is 30.2 Å². The van der Waals surface area contributed by atoms with E-state index in [4.69, 9.17) is 0 Å². The summed E-state index contributed by atoms with van der Waals surface area (Å²) in [5.41, 5.74) is 2.02. The number of rotatable bonds is 4. The van der Waals surface area contributed by atoms with Crippen LogP contribution in [-0.4, -0.2) is 48.4 Å². The SMILES string of the molecule is O=C1CSc2ccc(C(=O)N(Cc3ccccc3)[C@H]3CCS(=O)(=O)C3)cc2N1. The van der Waals surface area contributed by atoms with Gasteiger partial charge < -0.3 is 10.2 Å². The van der Waals surface area contributed by atoms with Crippen LogP contribution < -0.4 is 5.32 Å². The van der Waals surface area contributed by atoms with Crippen LogP contribution in [0.3, 0.4) is 0 Å². The van der Waals surface area contributed by atoms with Crippen LogP contribution in [-0.2, 0) is 21.2 Å². The van der Waals surface area contributed by atoms with Crippen LogP contribution >= 0.6 is 11.8 Å². The van der Waals surface area contributed by atoms with Crippen molar-refractivity contribution in [1.82, 2.24) is 4.90 Å². The molecule has 1 N–H and O–H groups in total. The lowest BCUT2D eigenvalue weighted by Crippen LogP contribution is -2.40. The van der Waals surface area contributed by atoms with Crippen molar-refractivity contribution in [2.24, 2.45) is 0 Å². The van der Waals surface area contributed by atoms with Gasteiger partial charge in [-0.2, -0.15) is 0 Å². The maximum Gasteiger partial charge on any atom is 0.254 e. The van der Waals surface area contributed by atoms with E-state index in [1.54, 1.807) is 17.0 Å². The minimum absolute atomic E-state index is 0.0108. The molecule has 2 aromatic rings. The molecule has 28 heavy (non-hydrogen) atoms. The molecule has 1 saturated heterocycles. The first-order chi connectivity index (χ1) is 13.4. The van der Waals surface area contributed by atoms with Crippen molar-refractivity contribution in [3.8, 4) is 0 Å². The number of anilines is 1. The van der Waals surface area contributed by atoms with Crippen LogP contribution in [0.4, 0.5) is 5.69 Å². The Morgan fingerprint density at radius 1 is 1.18 bits per heavy atom. The molecular weight excluding hydrogens is 396 g/mol. The van der Waals surface area contributed by atoms with E-state index in [9.17, 15) is 18.0 Å². The Morgan fingerprint density at radius 2 is 1.96 bits per heavy atom. The Kier molecular flexibility index (Phi) is 5.16. The molecule has 2 heterocycles. The number of carbonyl (C=O) groups excluding carboxylic acids is 2. The molecule has 4 rings (SSSR count). The van der Waals surface area contributed by atoms with E-state index in [1.807, 2.05) is 36.4 Å². The van der Waals surface area contributed by atoms with E-state index in [0.717, 1.165) is 10.5 Å². The van der Waals surface area contributed by atoms with Gasteiger partial charge in [-0.25, -0.2) is 8.42 Å². The maximum absolute atomic E-state index is 13.3. The summed E-state index contributed by atoms with van der Waals surface area (Å²) in [6.07, 6.45) is 0.443. The van der Waals surface area contributed by atoms with E-state index in [-0.39, 0.29) is 29.4 Å². The first-order valence-electron chi connectivity index (χ1n) is 9.03. The Balaban J connectivity index is 1.65. The van der Waals surface area contributed by atoms with Crippen LogP contribution in [0.2, 0.25) is 0 Å². The average Bonchev–Trinajstić information content (AvgIpc) is 3.05. The van der Waals surface area contributed by atoms with E-state index in [2.05, 4.69) is 5.32 Å². The fraction of sp³-hybridized carbons (Fsp3) is 0.300. The zero-order valence-corrected chi connectivity index (χ0v) is 16.8. The molecule has 2 aromatic carbocycles. The third kappa shape index (κ3) is 4.07. The summed E-state index contributed by atoms with van der Waals surface area (Å²) in [6, 6.07) is 14.5. The van der Waals surface area contributed by atoms with Crippen molar-refractivity contribution in [3.63, 3.8) is 0 Å². The first kappa shape index (κ1) is 19.0. The van der Waals surface area contributed by atoms with Crippen LogP contribution in [0.5, 0.6) is 0 Å². The zero-order chi connectivity index (χ0) is 19.7. The maximum atomic E-state index is 13.3. The lowest BCUT2D eigenvalue weighted by Gasteiger charge is -2.29. The van der Waals surface area contributed by atoms with Crippen LogP contribution in [0.25, 0.3) is 0 Å². The van der Waals surface area contributed by atoms with E-state index >= 15 is 0 Å². The van der Waals surface area contributed by atoms with Crippen molar-refractivity contribution >= 4 is 39.1 Å². The van der Waals surface area contributed by atoms with Gasteiger partial charge in [0.25, 0.3) is 5.91 Å². The molecule has 0 radical (unpaired) electrons. The van der Waals surface area contributed by atoms with Crippen LogP contribution in [0.15, 0.2) is 53.4 Å². The van der Waals surface area contributed by atoms with Crippen molar-refractivity contribution in [2.75, 3.05) is 22.6 Å². The summed E-state index contributed by atoms with van der Waals surface area (Å²) < 4.78 is 24.0. The number of benzene rings is 2. The molecule has 2 aliphatic heterocycles. The molecule has 2 amide bonds. The number of thioether (sulfide) groups is 1.